The third-order valence-corrected chi connectivity index (χ3v) is 4.11. The molecule has 8 heteroatoms. The van der Waals surface area contributed by atoms with Crippen LogP contribution in [0.5, 0.6) is 0 Å². The topological polar surface area (TPSA) is 88.8 Å². The summed E-state index contributed by atoms with van der Waals surface area (Å²) in [5.74, 6) is 0.128. The molecule has 1 N–H and O–H groups in total. The van der Waals surface area contributed by atoms with Gasteiger partial charge in [0, 0.05) is 25.7 Å². The first-order valence-electron chi connectivity index (χ1n) is 8.50. The average Bonchev–Trinajstić information content (AvgIpc) is 3.04. The molecule has 0 aliphatic carbocycles. The van der Waals surface area contributed by atoms with Crippen LogP contribution in [-0.4, -0.2) is 63.7 Å². The van der Waals surface area contributed by atoms with Crippen molar-refractivity contribution in [2.24, 2.45) is 5.92 Å². The van der Waals surface area contributed by atoms with Crippen molar-refractivity contribution >= 4 is 17.5 Å². The number of amides is 2. The molecule has 0 aromatic carbocycles. The van der Waals surface area contributed by atoms with E-state index in [1.807, 2.05) is 13.8 Å². The van der Waals surface area contributed by atoms with Crippen molar-refractivity contribution < 1.29 is 14.3 Å². The second-order valence-corrected chi connectivity index (χ2v) is 6.57. The molecule has 3 heterocycles. The Morgan fingerprint density at radius 1 is 1.44 bits per heavy atom. The van der Waals surface area contributed by atoms with Crippen LogP contribution < -0.4 is 5.32 Å². The fourth-order valence-corrected chi connectivity index (χ4v) is 2.82. The Labute approximate surface area is 146 Å². The number of nitrogens with zero attached hydrogens (tertiary/aromatic N) is 4. The lowest BCUT2D eigenvalue weighted by molar-refractivity contribution is -0.123. The fraction of sp³-hybridized carbons (Fsp3) is 0.529. The molecule has 1 saturated heterocycles. The van der Waals surface area contributed by atoms with Gasteiger partial charge < -0.3 is 15.0 Å². The minimum absolute atomic E-state index is 0.0710. The number of carbonyl (C=O) groups is 2. The van der Waals surface area contributed by atoms with E-state index in [4.69, 9.17) is 4.74 Å². The maximum Gasteiger partial charge on any atom is 0.274 e. The van der Waals surface area contributed by atoms with Gasteiger partial charge in [-0.05, 0) is 18.1 Å². The normalized spacial score (nSPS) is 17.9. The molecule has 1 fully saturated rings. The molecule has 1 aliphatic rings. The van der Waals surface area contributed by atoms with Gasteiger partial charge in [0.15, 0.2) is 11.3 Å². The van der Waals surface area contributed by atoms with E-state index in [2.05, 4.69) is 15.4 Å². The van der Waals surface area contributed by atoms with Crippen LogP contribution in [0, 0.1) is 5.92 Å². The van der Waals surface area contributed by atoms with E-state index in [9.17, 15) is 9.59 Å². The van der Waals surface area contributed by atoms with Gasteiger partial charge in [0.25, 0.3) is 5.91 Å². The molecule has 0 unspecified atom stereocenters. The molecule has 3 rings (SSSR count). The standard InChI is InChI=1S/C17H23N5O3/c1-12(2)9-19-16(23)8-13-11-25-7-6-21(13)17(24)14-10-18-15-4-3-5-20-22(14)15/h3-5,10,12-13H,6-9,11H2,1-2H3,(H,19,23)/t13-/m1/s1. The zero-order valence-electron chi connectivity index (χ0n) is 14.5. The largest absolute Gasteiger partial charge is 0.377 e. The molecular formula is C17H23N5O3. The molecule has 0 spiro atoms. The van der Waals surface area contributed by atoms with Gasteiger partial charge in [0.05, 0.1) is 25.5 Å². The molecule has 2 aromatic rings. The van der Waals surface area contributed by atoms with Gasteiger partial charge in [0.2, 0.25) is 5.91 Å². The van der Waals surface area contributed by atoms with Crippen molar-refractivity contribution in [3.05, 3.63) is 30.2 Å². The summed E-state index contributed by atoms with van der Waals surface area (Å²) in [6.45, 7) is 5.96. The van der Waals surface area contributed by atoms with Crippen LogP contribution in [0.3, 0.4) is 0 Å². The summed E-state index contributed by atoms with van der Waals surface area (Å²) in [5, 5.41) is 7.08. The highest BCUT2D eigenvalue weighted by Crippen LogP contribution is 2.16. The monoisotopic (exact) mass is 345 g/mol. The zero-order valence-corrected chi connectivity index (χ0v) is 14.5. The van der Waals surface area contributed by atoms with Crippen LogP contribution in [0.4, 0.5) is 0 Å². The van der Waals surface area contributed by atoms with E-state index in [-0.39, 0.29) is 24.3 Å². The quantitative estimate of drug-likeness (QED) is 0.863. The second kappa shape index (κ2) is 7.60. The highest BCUT2D eigenvalue weighted by atomic mass is 16.5. The maximum absolute atomic E-state index is 13.0. The summed E-state index contributed by atoms with van der Waals surface area (Å²) in [7, 11) is 0. The molecule has 0 bridgehead atoms. The summed E-state index contributed by atoms with van der Waals surface area (Å²) >= 11 is 0. The SMILES string of the molecule is CC(C)CNC(=O)C[C@@H]1COCCN1C(=O)c1cnc2cccnn12. The van der Waals surface area contributed by atoms with E-state index in [0.29, 0.717) is 43.6 Å². The van der Waals surface area contributed by atoms with Gasteiger partial charge in [-0.2, -0.15) is 5.10 Å². The first-order chi connectivity index (χ1) is 12.1. The van der Waals surface area contributed by atoms with E-state index in [1.165, 1.54) is 10.7 Å². The van der Waals surface area contributed by atoms with E-state index in [0.717, 1.165) is 0 Å². The van der Waals surface area contributed by atoms with Crippen LogP contribution >= 0.6 is 0 Å². The summed E-state index contributed by atoms with van der Waals surface area (Å²) in [6, 6.07) is 3.27. The van der Waals surface area contributed by atoms with Crippen molar-refractivity contribution in [2.75, 3.05) is 26.3 Å². The second-order valence-electron chi connectivity index (χ2n) is 6.57. The first kappa shape index (κ1) is 17.3. The number of hydrogen-bond donors (Lipinski definition) is 1. The molecule has 25 heavy (non-hydrogen) atoms. The van der Waals surface area contributed by atoms with Crippen molar-refractivity contribution in [1.29, 1.82) is 0 Å². The van der Waals surface area contributed by atoms with Gasteiger partial charge in [0.1, 0.15) is 0 Å². The zero-order chi connectivity index (χ0) is 17.8. The third kappa shape index (κ3) is 3.96. The molecule has 0 saturated carbocycles. The molecule has 2 amide bonds. The number of morpholine rings is 1. The summed E-state index contributed by atoms with van der Waals surface area (Å²) in [4.78, 5) is 31.0. The van der Waals surface area contributed by atoms with Gasteiger partial charge >= 0.3 is 0 Å². The van der Waals surface area contributed by atoms with Gasteiger partial charge in [-0.15, -0.1) is 0 Å². The summed E-state index contributed by atoms with van der Waals surface area (Å²) in [5.41, 5.74) is 1.01. The predicted octanol–water partition coefficient (Wildman–Crippen LogP) is 0.733. The minimum Gasteiger partial charge on any atom is -0.377 e. The molecule has 134 valence electrons. The lowest BCUT2D eigenvalue weighted by Gasteiger charge is -2.35. The summed E-state index contributed by atoms with van der Waals surface area (Å²) in [6.07, 6.45) is 3.36. The van der Waals surface area contributed by atoms with Gasteiger partial charge in [-0.3, -0.25) is 9.59 Å². The first-order valence-corrected chi connectivity index (χ1v) is 8.50. The van der Waals surface area contributed by atoms with Crippen LogP contribution in [0.1, 0.15) is 30.8 Å². The molecular weight excluding hydrogens is 322 g/mol. The Balaban J connectivity index is 1.74. The smallest absolute Gasteiger partial charge is 0.274 e. The van der Waals surface area contributed by atoms with Crippen LogP contribution in [0.25, 0.3) is 5.65 Å². The third-order valence-electron chi connectivity index (χ3n) is 4.11. The predicted molar refractivity (Wildman–Crippen MR) is 91.1 cm³/mol. The maximum atomic E-state index is 13.0. The Bertz CT molecular complexity index is 758. The minimum atomic E-state index is -0.289. The number of fused-ring (bicyclic) bond motifs is 1. The van der Waals surface area contributed by atoms with Gasteiger partial charge in [-0.25, -0.2) is 9.50 Å². The molecule has 1 aliphatic heterocycles. The molecule has 0 radical (unpaired) electrons. The highest BCUT2D eigenvalue weighted by molar-refractivity contribution is 5.93. The van der Waals surface area contributed by atoms with Crippen LogP contribution in [-0.2, 0) is 9.53 Å². The lowest BCUT2D eigenvalue weighted by Crippen LogP contribution is -2.51. The molecule has 1 atom stereocenters. The number of rotatable bonds is 5. The van der Waals surface area contributed by atoms with Crippen molar-refractivity contribution in [1.82, 2.24) is 24.8 Å². The summed E-state index contributed by atoms with van der Waals surface area (Å²) < 4.78 is 7.00. The Hall–Kier alpha value is -2.48. The van der Waals surface area contributed by atoms with Crippen molar-refractivity contribution in [3.63, 3.8) is 0 Å². The average molecular weight is 345 g/mol. The number of hydrogen-bond acceptors (Lipinski definition) is 5. The molecule has 2 aromatic heterocycles. The number of imidazole rings is 1. The van der Waals surface area contributed by atoms with Gasteiger partial charge in [-0.1, -0.05) is 13.8 Å². The Morgan fingerprint density at radius 3 is 3.08 bits per heavy atom. The fourth-order valence-electron chi connectivity index (χ4n) is 2.82. The van der Waals surface area contributed by atoms with Crippen molar-refractivity contribution in [2.45, 2.75) is 26.3 Å². The highest BCUT2D eigenvalue weighted by Gasteiger charge is 2.31. The van der Waals surface area contributed by atoms with Crippen LogP contribution in [0.2, 0.25) is 0 Å². The number of aromatic nitrogens is 3. The van der Waals surface area contributed by atoms with Crippen LogP contribution in [0.15, 0.2) is 24.5 Å². The Morgan fingerprint density at radius 2 is 2.28 bits per heavy atom. The number of carbonyl (C=O) groups excluding carboxylic acids is 2. The van der Waals surface area contributed by atoms with Crippen molar-refractivity contribution in [3.8, 4) is 0 Å². The van der Waals surface area contributed by atoms with E-state index in [1.54, 1.807) is 23.2 Å². The molecule has 8 nitrogen and oxygen atoms in total. The Kier molecular flexibility index (Phi) is 5.28. The number of ether oxygens (including phenoxy) is 1. The van der Waals surface area contributed by atoms with E-state index < -0.39 is 0 Å². The van der Waals surface area contributed by atoms with E-state index >= 15 is 0 Å². The lowest BCUT2D eigenvalue weighted by atomic mass is 10.1. The number of nitrogens with one attached hydrogen (secondary N) is 1.